The monoisotopic (exact) mass is 428 g/mol. The standard InChI is InChI=1S/C19H16N4O4S2/c1-28(24,25)15-5-3-13(4-6-15)18-12-21-19-8-7-17(22-23(18)19)14-9-16(11-20-10-14)29(2,26)27/h3-12H,1-2H3. The van der Waals surface area contributed by atoms with Crippen LogP contribution in [0.4, 0.5) is 0 Å². The number of nitrogens with zero attached hydrogens (tertiary/aromatic N) is 4. The smallest absolute Gasteiger partial charge is 0.177 e. The first-order valence-electron chi connectivity index (χ1n) is 8.44. The topological polar surface area (TPSA) is 111 Å². The second-order valence-electron chi connectivity index (χ2n) is 6.61. The predicted octanol–water partition coefficient (Wildman–Crippen LogP) is 2.27. The number of benzene rings is 1. The van der Waals surface area contributed by atoms with Crippen LogP contribution in [0, 0.1) is 0 Å². The van der Waals surface area contributed by atoms with Crippen LogP contribution in [0.15, 0.2) is 70.8 Å². The second kappa shape index (κ2) is 6.75. The van der Waals surface area contributed by atoms with E-state index < -0.39 is 19.7 Å². The van der Waals surface area contributed by atoms with Crippen LogP contribution >= 0.6 is 0 Å². The predicted molar refractivity (Wildman–Crippen MR) is 108 cm³/mol. The van der Waals surface area contributed by atoms with Gasteiger partial charge in [-0.05, 0) is 30.3 Å². The number of rotatable bonds is 4. The summed E-state index contributed by atoms with van der Waals surface area (Å²) in [5.41, 5.74) is 3.11. The first-order chi connectivity index (χ1) is 13.6. The average molecular weight is 428 g/mol. The Bertz CT molecular complexity index is 1440. The van der Waals surface area contributed by atoms with E-state index in [1.807, 2.05) is 0 Å². The Morgan fingerprint density at radius 1 is 0.759 bits per heavy atom. The van der Waals surface area contributed by atoms with Gasteiger partial charge in [0.1, 0.15) is 0 Å². The summed E-state index contributed by atoms with van der Waals surface area (Å²) in [6.07, 6.45) is 6.76. The summed E-state index contributed by atoms with van der Waals surface area (Å²) in [7, 11) is -6.67. The molecule has 4 aromatic rings. The molecule has 29 heavy (non-hydrogen) atoms. The Morgan fingerprint density at radius 2 is 1.45 bits per heavy atom. The molecule has 3 aromatic heterocycles. The first-order valence-corrected chi connectivity index (χ1v) is 12.2. The van der Waals surface area contributed by atoms with Gasteiger partial charge in [-0.15, -0.1) is 0 Å². The van der Waals surface area contributed by atoms with Crippen molar-refractivity contribution in [2.45, 2.75) is 9.79 Å². The SMILES string of the molecule is CS(=O)(=O)c1ccc(-c2cnc3ccc(-c4cncc(S(C)(=O)=O)c4)nn23)cc1. The van der Waals surface area contributed by atoms with Crippen LogP contribution in [0.2, 0.25) is 0 Å². The van der Waals surface area contributed by atoms with Crippen LogP contribution in [0.5, 0.6) is 0 Å². The van der Waals surface area contributed by atoms with E-state index >= 15 is 0 Å². The molecular weight excluding hydrogens is 412 g/mol. The van der Waals surface area contributed by atoms with E-state index in [2.05, 4.69) is 15.1 Å². The molecule has 0 amide bonds. The van der Waals surface area contributed by atoms with Crippen molar-refractivity contribution < 1.29 is 16.8 Å². The fourth-order valence-electron chi connectivity index (χ4n) is 2.86. The highest BCUT2D eigenvalue weighted by atomic mass is 32.2. The Morgan fingerprint density at radius 3 is 2.10 bits per heavy atom. The van der Waals surface area contributed by atoms with Crippen molar-refractivity contribution in [3.8, 4) is 22.5 Å². The lowest BCUT2D eigenvalue weighted by molar-refractivity contribution is 0.600. The Balaban J connectivity index is 1.82. The fourth-order valence-corrected chi connectivity index (χ4v) is 4.08. The average Bonchev–Trinajstić information content (AvgIpc) is 3.10. The van der Waals surface area contributed by atoms with Gasteiger partial charge in [-0.3, -0.25) is 4.98 Å². The third kappa shape index (κ3) is 3.76. The van der Waals surface area contributed by atoms with Gasteiger partial charge in [0.15, 0.2) is 25.3 Å². The van der Waals surface area contributed by atoms with E-state index in [0.717, 1.165) is 18.1 Å². The van der Waals surface area contributed by atoms with E-state index in [4.69, 9.17) is 0 Å². The molecule has 0 radical (unpaired) electrons. The molecule has 0 aliphatic rings. The van der Waals surface area contributed by atoms with Gasteiger partial charge >= 0.3 is 0 Å². The molecule has 0 atom stereocenters. The van der Waals surface area contributed by atoms with E-state index in [9.17, 15) is 16.8 Å². The lowest BCUT2D eigenvalue weighted by Gasteiger charge is -2.06. The molecule has 0 fully saturated rings. The number of hydrogen-bond acceptors (Lipinski definition) is 7. The zero-order valence-corrected chi connectivity index (χ0v) is 17.1. The van der Waals surface area contributed by atoms with Gasteiger partial charge in [0, 0.05) is 36.0 Å². The summed E-state index contributed by atoms with van der Waals surface area (Å²) < 4.78 is 48.6. The van der Waals surface area contributed by atoms with Crippen LogP contribution < -0.4 is 0 Å². The summed E-state index contributed by atoms with van der Waals surface area (Å²) in [4.78, 5) is 8.68. The molecule has 0 unspecified atom stereocenters. The molecular formula is C19H16N4O4S2. The molecule has 148 valence electrons. The zero-order valence-electron chi connectivity index (χ0n) is 15.5. The molecule has 3 heterocycles. The van der Waals surface area contributed by atoms with Gasteiger partial charge in [-0.2, -0.15) is 5.10 Å². The van der Waals surface area contributed by atoms with Crippen LogP contribution in [-0.4, -0.2) is 48.9 Å². The minimum absolute atomic E-state index is 0.110. The lowest BCUT2D eigenvalue weighted by Crippen LogP contribution is -2.00. The maximum Gasteiger partial charge on any atom is 0.177 e. The van der Waals surface area contributed by atoms with Crippen LogP contribution in [0.25, 0.3) is 28.2 Å². The third-order valence-corrected chi connectivity index (χ3v) is 6.59. The van der Waals surface area contributed by atoms with E-state index in [1.54, 1.807) is 41.2 Å². The molecule has 0 saturated heterocycles. The van der Waals surface area contributed by atoms with E-state index in [0.29, 0.717) is 22.6 Å². The number of sulfone groups is 2. The molecule has 8 nitrogen and oxygen atoms in total. The summed E-state index contributed by atoms with van der Waals surface area (Å²) in [5, 5.41) is 4.58. The van der Waals surface area contributed by atoms with Crippen LogP contribution in [0.1, 0.15) is 0 Å². The summed E-state index contributed by atoms with van der Waals surface area (Å²) in [6, 6.07) is 11.5. The molecule has 4 rings (SSSR count). The van der Waals surface area contributed by atoms with Gasteiger partial charge in [0.05, 0.1) is 27.4 Å². The molecule has 0 saturated carbocycles. The number of hydrogen-bond donors (Lipinski definition) is 0. The van der Waals surface area contributed by atoms with Gasteiger partial charge in [0.25, 0.3) is 0 Å². The van der Waals surface area contributed by atoms with Gasteiger partial charge < -0.3 is 0 Å². The molecule has 0 aliphatic heterocycles. The molecule has 0 bridgehead atoms. The highest BCUT2D eigenvalue weighted by molar-refractivity contribution is 7.91. The number of imidazole rings is 1. The third-order valence-electron chi connectivity index (χ3n) is 4.38. The van der Waals surface area contributed by atoms with Gasteiger partial charge in [-0.1, -0.05) is 12.1 Å². The van der Waals surface area contributed by atoms with E-state index in [1.165, 1.54) is 24.4 Å². The largest absolute Gasteiger partial charge is 0.263 e. The summed E-state index contributed by atoms with van der Waals surface area (Å²) >= 11 is 0. The minimum atomic E-state index is -3.39. The van der Waals surface area contributed by atoms with Crippen molar-refractivity contribution in [2.75, 3.05) is 12.5 Å². The first kappa shape index (κ1) is 19.2. The maximum absolute atomic E-state index is 11.8. The summed E-state index contributed by atoms with van der Waals surface area (Å²) in [5.74, 6) is 0. The van der Waals surface area contributed by atoms with Crippen LogP contribution in [0.3, 0.4) is 0 Å². The highest BCUT2D eigenvalue weighted by Crippen LogP contribution is 2.25. The molecule has 1 aromatic carbocycles. The summed E-state index contributed by atoms with van der Waals surface area (Å²) in [6.45, 7) is 0. The maximum atomic E-state index is 11.8. The number of pyridine rings is 1. The molecule has 0 N–H and O–H groups in total. The highest BCUT2D eigenvalue weighted by Gasteiger charge is 2.13. The molecule has 10 heteroatoms. The van der Waals surface area contributed by atoms with Crippen molar-refractivity contribution in [1.29, 1.82) is 0 Å². The lowest BCUT2D eigenvalue weighted by atomic mass is 10.2. The van der Waals surface area contributed by atoms with E-state index in [-0.39, 0.29) is 9.79 Å². The van der Waals surface area contributed by atoms with Gasteiger partial charge in [0.2, 0.25) is 0 Å². The Labute approximate surface area is 167 Å². The van der Waals surface area contributed by atoms with Gasteiger partial charge in [-0.25, -0.2) is 26.3 Å². The quantitative estimate of drug-likeness (QED) is 0.490. The van der Waals surface area contributed by atoms with Crippen molar-refractivity contribution in [3.05, 3.63) is 61.1 Å². The van der Waals surface area contributed by atoms with Crippen molar-refractivity contribution in [2.24, 2.45) is 0 Å². The second-order valence-corrected chi connectivity index (χ2v) is 10.6. The Hall–Kier alpha value is -3.11. The molecule has 0 spiro atoms. The fraction of sp³-hybridized carbons (Fsp3) is 0.105. The Kier molecular flexibility index (Phi) is 4.47. The van der Waals surface area contributed by atoms with Crippen molar-refractivity contribution in [3.63, 3.8) is 0 Å². The number of aromatic nitrogens is 4. The number of fused-ring (bicyclic) bond motifs is 1. The van der Waals surface area contributed by atoms with Crippen LogP contribution in [-0.2, 0) is 19.7 Å². The zero-order chi connectivity index (χ0) is 20.8. The molecule has 0 aliphatic carbocycles. The van der Waals surface area contributed by atoms with Crippen molar-refractivity contribution >= 4 is 25.3 Å². The minimum Gasteiger partial charge on any atom is -0.263 e. The normalized spacial score (nSPS) is 12.3. The van der Waals surface area contributed by atoms with Crippen molar-refractivity contribution in [1.82, 2.24) is 19.6 Å².